The van der Waals surface area contributed by atoms with Crippen LogP contribution in [0.2, 0.25) is 0 Å². The van der Waals surface area contributed by atoms with Crippen LogP contribution in [0.25, 0.3) is 0 Å². The number of nitrogens with one attached hydrogen (secondary N) is 2. The van der Waals surface area contributed by atoms with E-state index in [1.54, 1.807) is 0 Å². The molecule has 0 bridgehead atoms. The molecule has 5 nitrogen and oxygen atoms in total. The molecule has 5 heteroatoms. The van der Waals surface area contributed by atoms with Gasteiger partial charge in [-0.3, -0.25) is 14.6 Å². The average molecular weight is 294 g/mol. The maximum absolute atomic E-state index is 12.2. The van der Waals surface area contributed by atoms with E-state index in [1.165, 1.54) is 12.8 Å². The highest BCUT2D eigenvalue weighted by atomic mass is 16.2. The van der Waals surface area contributed by atoms with E-state index in [1.807, 2.05) is 0 Å². The van der Waals surface area contributed by atoms with Crippen LogP contribution in [0.1, 0.15) is 32.6 Å². The van der Waals surface area contributed by atoms with Crippen molar-refractivity contribution in [3.63, 3.8) is 0 Å². The van der Waals surface area contributed by atoms with Crippen molar-refractivity contribution < 1.29 is 4.79 Å². The fourth-order valence-corrected chi connectivity index (χ4v) is 3.70. The summed E-state index contributed by atoms with van der Waals surface area (Å²) in [7, 11) is 0. The van der Waals surface area contributed by atoms with Gasteiger partial charge in [-0.25, -0.2) is 0 Å². The van der Waals surface area contributed by atoms with Crippen LogP contribution >= 0.6 is 0 Å². The van der Waals surface area contributed by atoms with Gasteiger partial charge in [-0.15, -0.1) is 0 Å². The summed E-state index contributed by atoms with van der Waals surface area (Å²) in [4.78, 5) is 17.0. The number of rotatable bonds is 4. The smallest absolute Gasteiger partial charge is 0.234 e. The summed E-state index contributed by atoms with van der Waals surface area (Å²) < 4.78 is 0. The summed E-state index contributed by atoms with van der Waals surface area (Å²) in [5.41, 5.74) is 0. The predicted octanol–water partition coefficient (Wildman–Crippen LogP) is 0.271. The summed E-state index contributed by atoms with van der Waals surface area (Å²) in [6, 6.07) is 1.17. The molecule has 2 saturated heterocycles. The Kier molecular flexibility index (Phi) is 5.14. The van der Waals surface area contributed by atoms with Crippen molar-refractivity contribution in [1.29, 1.82) is 0 Å². The van der Waals surface area contributed by atoms with Crippen molar-refractivity contribution in [2.45, 2.75) is 44.7 Å². The number of hydrogen-bond acceptors (Lipinski definition) is 4. The van der Waals surface area contributed by atoms with Crippen LogP contribution in [0.3, 0.4) is 0 Å². The Bertz CT molecular complexity index is 342. The lowest BCUT2D eigenvalue weighted by Gasteiger charge is -2.43. The van der Waals surface area contributed by atoms with Crippen molar-refractivity contribution in [3.8, 4) is 0 Å². The number of carbonyl (C=O) groups excluding carboxylic acids is 1. The van der Waals surface area contributed by atoms with Gasteiger partial charge in [0.1, 0.15) is 0 Å². The predicted molar refractivity (Wildman–Crippen MR) is 84.2 cm³/mol. The highest BCUT2D eigenvalue weighted by Gasteiger charge is 2.28. The van der Waals surface area contributed by atoms with Crippen LogP contribution in [0.5, 0.6) is 0 Å². The Labute approximate surface area is 128 Å². The minimum Gasteiger partial charge on any atom is -0.352 e. The molecule has 0 aromatic carbocycles. The maximum Gasteiger partial charge on any atom is 0.234 e. The Morgan fingerprint density at radius 2 is 1.76 bits per heavy atom. The molecule has 3 aliphatic rings. The van der Waals surface area contributed by atoms with Crippen LogP contribution in [0.15, 0.2) is 0 Å². The molecule has 0 radical (unpaired) electrons. The summed E-state index contributed by atoms with van der Waals surface area (Å²) in [5, 5.41) is 6.57. The topological polar surface area (TPSA) is 47.6 Å². The normalized spacial score (nSPS) is 32.6. The first kappa shape index (κ1) is 15.3. The Hall–Kier alpha value is -0.650. The standard InChI is InChI=1S/C16H30N4O/c1-13-2-4-14(5-3-13)18-16(21)12-19-6-8-20(9-7-19)15-10-17-11-15/h13-15,17H,2-12H2,1H3,(H,18,21). The third-order valence-corrected chi connectivity index (χ3v) is 5.43. The van der Waals surface area contributed by atoms with Gasteiger partial charge >= 0.3 is 0 Å². The van der Waals surface area contributed by atoms with Crippen LogP contribution in [-0.2, 0) is 4.79 Å². The molecule has 0 unspecified atom stereocenters. The van der Waals surface area contributed by atoms with E-state index >= 15 is 0 Å². The molecule has 0 atom stereocenters. The van der Waals surface area contributed by atoms with E-state index in [4.69, 9.17) is 0 Å². The van der Waals surface area contributed by atoms with E-state index in [-0.39, 0.29) is 5.91 Å². The zero-order valence-electron chi connectivity index (χ0n) is 13.3. The number of amides is 1. The monoisotopic (exact) mass is 294 g/mol. The Balaban J connectivity index is 1.34. The third-order valence-electron chi connectivity index (χ3n) is 5.43. The fourth-order valence-electron chi connectivity index (χ4n) is 3.70. The number of carbonyl (C=O) groups is 1. The van der Waals surface area contributed by atoms with E-state index < -0.39 is 0 Å². The average Bonchev–Trinajstić information content (AvgIpc) is 2.42. The second-order valence-electron chi connectivity index (χ2n) is 7.15. The summed E-state index contributed by atoms with van der Waals surface area (Å²) >= 11 is 0. The molecule has 2 heterocycles. The van der Waals surface area contributed by atoms with Crippen molar-refractivity contribution >= 4 is 5.91 Å². The van der Waals surface area contributed by atoms with Gasteiger partial charge in [0.2, 0.25) is 5.91 Å². The molecule has 21 heavy (non-hydrogen) atoms. The van der Waals surface area contributed by atoms with Gasteiger partial charge in [-0.1, -0.05) is 6.92 Å². The summed E-state index contributed by atoms with van der Waals surface area (Å²) in [6.07, 6.45) is 4.85. The minimum absolute atomic E-state index is 0.230. The largest absolute Gasteiger partial charge is 0.352 e. The lowest BCUT2D eigenvalue weighted by Crippen LogP contribution is -2.62. The maximum atomic E-state index is 12.2. The van der Waals surface area contributed by atoms with Crippen molar-refractivity contribution in [3.05, 3.63) is 0 Å². The van der Waals surface area contributed by atoms with Gasteiger partial charge in [0.05, 0.1) is 6.54 Å². The van der Waals surface area contributed by atoms with Crippen molar-refractivity contribution in [2.75, 3.05) is 45.8 Å². The summed E-state index contributed by atoms with van der Waals surface area (Å²) in [6.45, 7) is 9.47. The molecular weight excluding hydrogens is 264 g/mol. The molecule has 1 saturated carbocycles. The highest BCUT2D eigenvalue weighted by molar-refractivity contribution is 5.78. The van der Waals surface area contributed by atoms with Gasteiger partial charge in [-0.2, -0.15) is 0 Å². The van der Waals surface area contributed by atoms with E-state index in [9.17, 15) is 4.79 Å². The van der Waals surface area contributed by atoms with Crippen LogP contribution in [0, 0.1) is 5.92 Å². The SMILES string of the molecule is CC1CCC(NC(=O)CN2CCN(C3CNC3)CC2)CC1. The molecule has 3 rings (SSSR count). The number of hydrogen-bond donors (Lipinski definition) is 2. The second kappa shape index (κ2) is 7.07. The molecule has 1 amide bonds. The molecule has 2 aliphatic heterocycles. The molecule has 0 aromatic heterocycles. The molecule has 0 aromatic rings. The van der Waals surface area contributed by atoms with E-state index in [2.05, 4.69) is 27.4 Å². The first-order valence-electron chi connectivity index (χ1n) is 8.67. The summed E-state index contributed by atoms with van der Waals surface area (Å²) in [5.74, 6) is 1.07. The van der Waals surface area contributed by atoms with Crippen LogP contribution in [0.4, 0.5) is 0 Å². The van der Waals surface area contributed by atoms with Crippen LogP contribution < -0.4 is 10.6 Å². The molecule has 1 aliphatic carbocycles. The van der Waals surface area contributed by atoms with E-state index in [0.717, 1.165) is 64.1 Å². The first-order chi connectivity index (χ1) is 10.2. The van der Waals surface area contributed by atoms with Gasteiger partial charge in [0.15, 0.2) is 0 Å². The van der Waals surface area contributed by atoms with Crippen LogP contribution in [-0.4, -0.2) is 73.6 Å². The van der Waals surface area contributed by atoms with E-state index in [0.29, 0.717) is 12.6 Å². The van der Waals surface area contributed by atoms with Gasteiger partial charge in [0.25, 0.3) is 0 Å². The Morgan fingerprint density at radius 1 is 1.10 bits per heavy atom. The quantitative estimate of drug-likeness (QED) is 0.781. The molecular formula is C16H30N4O. The molecule has 120 valence electrons. The van der Waals surface area contributed by atoms with Crippen molar-refractivity contribution in [1.82, 2.24) is 20.4 Å². The molecule has 2 N–H and O–H groups in total. The number of nitrogens with zero attached hydrogens (tertiary/aromatic N) is 2. The molecule has 3 fully saturated rings. The zero-order valence-corrected chi connectivity index (χ0v) is 13.3. The lowest BCUT2D eigenvalue weighted by atomic mass is 9.87. The second-order valence-corrected chi connectivity index (χ2v) is 7.15. The van der Waals surface area contributed by atoms with Gasteiger partial charge in [0, 0.05) is 51.4 Å². The van der Waals surface area contributed by atoms with Crippen molar-refractivity contribution in [2.24, 2.45) is 5.92 Å². The van der Waals surface area contributed by atoms with Gasteiger partial charge in [-0.05, 0) is 31.6 Å². The minimum atomic E-state index is 0.230. The zero-order chi connectivity index (χ0) is 14.7. The fraction of sp³-hybridized carbons (Fsp3) is 0.938. The first-order valence-corrected chi connectivity index (χ1v) is 8.67. The lowest BCUT2D eigenvalue weighted by molar-refractivity contribution is -0.123. The third kappa shape index (κ3) is 4.18. The highest BCUT2D eigenvalue weighted by Crippen LogP contribution is 2.23. The van der Waals surface area contributed by atoms with Gasteiger partial charge < -0.3 is 10.6 Å². The Morgan fingerprint density at radius 3 is 2.33 bits per heavy atom. The molecule has 0 spiro atoms. The number of piperazine rings is 1.